The summed E-state index contributed by atoms with van der Waals surface area (Å²) in [6, 6.07) is 1.82. The predicted octanol–water partition coefficient (Wildman–Crippen LogP) is 1.47. The van der Waals surface area contributed by atoms with Crippen LogP contribution in [0.15, 0.2) is 18.5 Å². The largest absolute Gasteiger partial charge is 0.398 e. The van der Waals surface area contributed by atoms with Gasteiger partial charge in [-0.25, -0.2) is 0 Å². The fourth-order valence-electron chi connectivity index (χ4n) is 2.36. The molecule has 1 saturated carbocycles. The van der Waals surface area contributed by atoms with Crippen LogP contribution >= 0.6 is 0 Å². The van der Waals surface area contributed by atoms with E-state index in [4.69, 9.17) is 5.73 Å². The third-order valence-electron chi connectivity index (χ3n) is 3.22. The number of nitrogens with zero attached hydrogens (tertiary/aromatic N) is 1. The van der Waals surface area contributed by atoms with E-state index in [1.165, 1.54) is 0 Å². The molecule has 1 aromatic rings. The van der Waals surface area contributed by atoms with Crippen LogP contribution in [0, 0.1) is 0 Å². The number of nitrogens with two attached hydrogens (primary N) is 1. The van der Waals surface area contributed by atoms with Gasteiger partial charge in [-0.05, 0) is 36.3 Å². The highest BCUT2D eigenvalue weighted by Crippen LogP contribution is 2.42. The van der Waals surface area contributed by atoms with Crippen molar-refractivity contribution in [3.8, 4) is 0 Å². The molecule has 1 aliphatic carbocycles. The summed E-state index contributed by atoms with van der Waals surface area (Å²) in [5, 5.41) is 9.56. The second kappa shape index (κ2) is 3.24. The van der Waals surface area contributed by atoms with Gasteiger partial charge in [-0.2, -0.15) is 0 Å². The molecular weight excluding hydrogens is 176 g/mol. The van der Waals surface area contributed by atoms with Crippen molar-refractivity contribution in [2.75, 3.05) is 5.73 Å². The average molecular weight is 192 g/mol. The Labute approximate surface area is 84.0 Å². The van der Waals surface area contributed by atoms with Gasteiger partial charge in [0.15, 0.2) is 0 Å². The van der Waals surface area contributed by atoms with Crippen LogP contribution in [0.4, 0.5) is 5.69 Å². The van der Waals surface area contributed by atoms with Gasteiger partial charge in [-0.3, -0.25) is 4.98 Å². The Morgan fingerprint density at radius 3 is 3.00 bits per heavy atom. The lowest BCUT2D eigenvalue weighted by Crippen LogP contribution is -2.20. The van der Waals surface area contributed by atoms with E-state index >= 15 is 0 Å². The Hall–Kier alpha value is -1.09. The van der Waals surface area contributed by atoms with Crippen molar-refractivity contribution >= 4 is 5.69 Å². The molecule has 0 aromatic carbocycles. The number of hydrogen-bond acceptors (Lipinski definition) is 3. The van der Waals surface area contributed by atoms with Crippen LogP contribution in [0.25, 0.3) is 0 Å². The zero-order chi connectivity index (χ0) is 10.2. The summed E-state index contributed by atoms with van der Waals surface area (Å²) < 4.78 is 0. The summed E-state index contributed by atoms with van der Waals surface area (Å²) in [6.45, 7) is 2.15. The first-order chi connectivity index (χ1) is 6.62. The standard InChI is InChI=1S/C11H16N2O/c1-11(4-2-8(14)6-11)9-7-13-5-3-10(9)12/h3,5,7-8,14H,2,4,6H2,1H3,(H2,12,13). The minimum Gasteiger partial charge on any atom is -0.398 e. The van der Waals surface area contributed by atoms with E-state index in [1.54, 1.807) is 6.20 Å². The van der Waals surface area contributed by atoms with Gasteiger partial charge < -0.3 is 10.8 Å². The zero-order valence-corrected chi connectivity index (χ0v) is 8.40. The van der Waals surface area contributed by atoms with E-state index in [0.29, 0.717) is 0 Å². The van der Waals surface area contributed by atoms with Crippen molar-refractivity contribution in [3.05, 3.63) is 24.0 Å². The molecule has 76 valence electrons. The first kappa shape index (κ1) is 9.46. The molecule has 14 heavy (non-hydrogen) atoms. The van der Waals surface area contributed by atoms with E-state index in [0.717, 1.165) is 30.5 Å². The average Bonchev–Trinajstić information content (AvgIpc) is 2.48. The Morgan fingerprint density at radius 2 is 2.43 bits per heavy atom. The molecule has 2 atom stereocenters. The number of aromatic nitrogens is 1. The number of rotatable bonds is 1. The Balaban J connectivity index is 2.35. The minimum absolute atomic E-state index is 0.0117. The third kappa shape index (κ3) is 1.48. The van der Waals surface area contributed by atoms with Gasteiger partial charge in [0.2, 0.25) is 0 Å². The van der Waals surface area contributed by atoms with Gasteiger partial charge in [0.25, 0.3) is 0 Å². The SMILES string of the molecule is CC1(c2cnccc2N)CCC(O)C1. The second-order valence-electron chi connectivity index (χ2n) is 4.42. The number of anilines is 1. The maximum Gasteiger partial charge on any atom is 0.0549 e. The van der Waals surface area contributed by atoms with Crippen LogP contribution in [-0.4, -0.2) is 16.2 Å². The Morgan fingerprint density at radius 1 is 1.64 bits per heavy atom. The van der Waals surface area contributed by atoms with Crippen molar-refractivity contribution in [1.82, 2.24) is 4.98 Å². The normalized spacial score (nSPS) is 32.0. The first-order valence-corrected chi connectivity index (χ1v) is 5.00. The summed E-state index contributed by atoms with van der Waals surface area (Å²) in [7, 11) is 0. The fourth-order valence-corrected chi connectivity index (χ4v) is 2.36. The van der Waals surface area contributed by atoms with E-state index in [2.05, 4.69) is 11.9 Å². The van der Waals surface area contributed by atoms with Crippen LogP contribution in [0.3, 0.4) is 0 Å². The van der Waals surface area contributed by atoms with E-state index < -0.39 is 0 Å². The van der Waals surface area contributed by atoms with Crippen molar-refractivity contribution < 1.29 is 5.11 Å². The highest BCUT2D eigenvalue weighted by Gasteiger charge is 2.36. The second-order valence-corrected chi connectivity index (χ2v) is 4.42. The molecule has 0 amide bonds. The van der Waals surface area contributed by atoms with Gasteiger partial charge in [0.05, 0.1) is 6.10 Å². The Kier molecular flexibility index (Phi) is 2.19. The molecule has 3 heteroatoms. The molecule has 1 fully saturated rings. The summed E-state index contributed by atoms with van der Waals surface area (Å²) in [5.41, 5.74) is 7.79. The van der Waals surface area contributed by atoms with E-state index in [1.807, 2.05) is 12.3 Å². The quantitative estimate of drug-likeness (QED) is 0.708. The molecule has 1 heterocycles. The van der Waals surface area contributed by atoms with Crippen LogP contribution in [0.2, 0.25) is 0 Å². The molecule has 3 nitrogen and oxygen atoms in total. The zero-order valence-electron chi connectivity index (χ0n) is 8.40. The predicted molar refractivity (Wildman–Crippen MR) is 55.9 cm³/mol. The summed E-state index contributed by atoms with van der Waals surface area (Å²) >= 11 is 0. The fraction of sp³-hybridized carbons (Fsp3) is 0.545. The topological polar surface area (TPSA) is 59.1 Å². The summed E-state index contributed by atoms with van der Waals surface area (Å²) in [4.78, 5) is 4.10. The molecule has 2 rings (SSSR count). The smallest absolute Gasteiger partial charge is 0.0549 e. The van der Waals surface area contributed by atoms with Crippen molar-refractivity contribution in [2.24, 2.45) is 0 Å². The molecule has 0 aliphatic heterocycles. The summed E-state index contributed by atoms with van der Waals surface area (Å²) in [5.74, 6) is 0. The van der Waals surface area contributed by atoms with Crippen molar-refractivity contribution in [1.29, 1.82) is 0 Å². The molecule has 2 unspecified atom stereocenters. The lowest BCUT2D eigenvalue weighted by atomic mass is 9.81. The summed E-state index contributed by atoms with van der Waals surface area (Å²) in [6.07, 6.45) is 6.00. The number of nitrogen functional groups attached to an aromatic ring is 1. The number of aliphatic hydroxyl groups is 1. The molecule has 0 bridgehead atoms. The van der Waals surface area contributed by atoms with Crippen LogP contribution in [0.5, 0.6) is 0 Å². The molecule has 0 spiro atoms. The van der Waals surface area contributed by atoms with E-state index in [9.17, 15) is 5.11 Å². The van der Waals surface area contributed by atoms with Crippen molar-refractivity contribution in [3.63, 3.8) is 0 Å². The molecule has 0 saturated heterocycles. The molecule has 1 aliphatic rings. The highest BCUT2D eigenvalue weighted by molar-refractivity contribution is 5.49. The monoisotopic (exact) mass is 192 g/mol. The van der Waals surface area contributed by atoms with Gasteiger partial charge in [-0.1, -0.05) is 6.92 Å². The minimum atomic E-state index is -0.181. The molecule has 3 N–H and O–H groups in total. The van der Waals surface area contributed by atoms with Crippen molar-refractivity contribution in [2.45, 2.75) is 37.7 Å². The van der Waals surface area contributed by atoms with E-state index in [-0.39, 0.29) is 11.5 Å². The lowest BCUT2D eigenvalue weighted by molar-refractivity contribution is 0.175. The van der Waals surface area contributed by atoms with Crippen LogP contribution in [-0.2, 0) is 5.41 Å². The molecule has 1 aromatic heterocycles. The van der Waals surface area contributed by atoms with Gasteiger partial charge in [0.1, 0.15) is 0 Å². The van der Waals surface area contributed by atoms with Gasteiger partial charge in [0, 0.05) is 18.1 Å². The highest BCUT2D eigenvalue weighted by atomic mass is 16.3. The van der Waals surface area contributed by atoms with Gasteiger partial charge >= 0.3 is 0 Å². The number of hydrogen-bond donors (Lipinski definition) is 2. The van der Waals surface area contributed by atoms with Crippen LogP contribution < -0.4 is 5.73 Å². The van der Waals surface area contributed by atoms with Gasteiger partial charge in [-0.15, -0.1) is 0 Å². The van der Waals surface area contributed by atoms with Crippen LogP contribution in [0.1, 0.15) is 31.7 Å². The lowest BCUT2D eigenvalue weighted by Gasteiger charge is -2.25. The molecule has 0 radical (unpaired) electrons. The maximum absolute atomic E-state index is 9.56. The Bertz CT molecular complexity index is 340. The molecular formula is C11H16N2O. The maximum atomic E-state index is 9.56. The number of aliphatic hydroxyl groups excluding tert-OH is 1. The third-order valence-corrected chi connectivity index (χ3v) is 3.22. The first-order valence-electron chi connectivity index (χ1n) is 5.00. The number of pyridine rings is 1.